The Bertz CT molecular complexity index is 1300. The van der Waals surface area contributed by atoms with E-state index >= 15 is 0 Å². The quantitative estimate of drug-likeness (QED) is 0.185. The summed E-state index contributed by atoms with van der Waals surface area (Å²) in [5, 5.41) is 4.88. The third-order valence-electron chi connectivity index (χ3n) is 5.10. The highest BCUT2D eigenvalue weighted by atomic mass is 79.9. The zero-order chi connectivity index (χ0) is 23.0. The molecule has 32 heavy (non-hydrogen) atoms. The lowest BCUT2D eigenvalue weighted by Crippen LogP contribution is -2.25. The Balaban J connectivity index is 1.91. The van der Waals surface area contributed by atoms with E-state index in [1.807, 2.05) is 50.2 Å². The van der Waals surface area contributed by atoms with Crippen LogP contribution in [0.15, 0.2) is 52.1 Å². The van der Waals surface area contributed by atoms with Crippen molar-refractivity contribution in [3.8, 4) is 11.4 Å². The van der Waals surface area contributed by atoms with E-state index in [2.05, 4.69) is 31.1 Å². The van der Waals surface area contributed by atoms with Gasteiger partial charge < -0.3 is 19.7 Å². The molecule has 4 aromatic rings. The highest BCUT2D eigenvalue weighted by Gasteiger charge is 2.41. The smallest absolute Gasteiger partial charge is 0.394 e. The van der Waals surface area contributed by atoms with E-state index < -0.39 is 11.9 Å². The number of rotatable bonds is 6. The Morgan fingerprint density at radius 2 is 1.84 bits per heavy atom. The summed E-state index contributed by atoms with van der Waals surface area (Å²) in [6.07, 6.45) is -4.71. The molecular weight excluding hydrogens is 485 g/mol. The first-order valence-electron chi connectivity index (χ1n) is 9.96. The number of benzene rings is 2. The van der Waals surface area contributed by atoms with Gasteiger partial charge in [-0.2, -0.15) is 13.2 Å². The monoisotopic (exact) mass is 506 g/mol. The van der Waals surface area contributed by atoms with Gasteiger partial charge in [0.2, 0.25) is 0 Å². The summed E-state index contributed by atoms with van der Waals surface area (Å²) in [6.45, 7) is 2.46. The molecule has 2 heterocycles. The van der Waals surface area contributed by atoms with Gasteiger partial charge in [0.1, 0.15) is 6.61 Å². The van der Waals surface area contributed by atoms with Crippen molar-refractivity contribution in [3.63, 3.8) is 0 Å². The number of halogens is 4. The van der Waals surface area contributed by atoms with Crippen molar-refractivity contribution in [2.45, 2.75) is 13.1 Å². The first kappa shape index (κ1) is 22.4. The van der Waals surface area contributed by atoms with Gasteiger partial charge in [-0.05, 0) is 51.4 Å². The van der Waals surface area contributed by atoms with Gasteiger partial charge in [0, 0.05) is 38.4 Å². The number of fused-ring (bicyclic) bond motifs is 2. The number of hydrogen-bond acceptors (Lipinski definition) is 3. The molecule has 0 unspecified atom stereocenters. The SMILES string of the molecule is Cc1ccc2[nH]c(-c3[nH]c4cc(Br)ccc4c3/C(=N/OCCN(C)C)C(F)(F)F)cc2c1. The van der Waals surface area contributed by atoms with Gasteiger partial charge in [-0.3, -0.25) is 0 Å². The predicted molar refractivity (Wildman–Crippen MR) is 125 cm³/mol. The molecule has 0 bridgehead atoms. The van der Waals surface area contributed by atoms with E-state index in [4.69, 9.17) is 4.84 Å². The number of aryl methyl sites for hydroxylation is 1. The third kappa shape index (κ3) is 4.54. The van der Waals surface area contributed by atoms with E-state index in [9.17, 15) is 13.2 Å². The second-order valence-electron chi connectivity index (χ2n) is 7.91. The van der Waals surface area contributed by atoms with Crippen LogP contribution in [0.2, 0.25) is 0 Å². The number of aromatic amines is 2. The Morgan fingerprint density at radius 1 is 1.06 bits per heavy atom. The lowest BCUT2D eigenvalue weighted by molar-refractivity contribution is -0.0615. The van der Waals surface area contributed by atoms with Crippen LogP contribution < -0.4 is 0 Å². The number of nitrogens with zero attached hydrogens (tertiary/aromatic N) is 2. The fourth-order valence-electron chi connectivity index (χ4n) is 3.58. The molecule has 2 aromatic heterocycles. The minimum Gasteiger partial charge on any atom is -0.394 e. The van der Waals surface area contributed by atoms with Crippen LogP contribution in [0.3, 0.4) is 0 Å². The van der Waals surface area contributed by atoms with Crippen LogP contribution in [0.5, 0.6) is 0 Å². The Morgan fingerprint density at radius 3 is 2.56 bits per heavy atom. The number of likely N-dealkylation sites (N-methyl/N-ethyl adjacent to an activating group) is 1. The van der Waals surface area contributed by atoms with Gasteiger partial charge in [0.15, 0.2) is 5.71 Å². The summed E-state index contributed by atoms with van der Waals surface area (Å²) in [5.41, 5.74) is 2.18. The van der Waals surface area contributed by atoms with E-state index in [0.717, 1.165) is 20.9 Å². The van der Waals surface area contributed by atoms with Crippen molar-refractivity contribution in [2.75, 3.05) is 27.2 Å². The van der Waals surface area contributed by atoms with Crippen molar-refractivity contribution in [3.05, 3.63) is 58.1 Å². The van der Waals surface area contributed by atoms with Gasteiger partial charge in [-0.15, -0.1) is 0 Å². The maximum absolute atomic E-state index is 14.2. The zero-order valence-corrected chi connectivity index (χ0v) is 19.4. The molecule has 168 valence electrons. The summed E-state index contributed by atoms with van der Waals surface area (Å²) in [5.74, 6) is 0. The second kappa shape index (κ2) is 8.63. The first-order chi connectivity index (χ1) is 15.1. The maximum atomic E-state index is 14.2. The molecule has 0 saturated heterocycles. The van der Waals surface area contributed by atoms with Crippen LogP contribution in [0.25, 0.3) is 33.2 Å². The van der Waals surface area contributed by atoms with Crippen molar-refractivity contribution >= 4 is 43.4 Å². The van der Waals surface area contributed by atoms with Crippen molar-refractivity contribution in [1.82, 2.24) is 14.9 Å². The number of oxime groups is 1. The minimum atomic E-state index is -4.71. The standard InChI is InChI=1S/C23H22BrF3N4O/c1-13-4-7-17-14(10-13)11-19(28-17)21-20(16-6-5-15(24)12-18(16)29-21)22(23(25,26)27)30-32-9-8-31(2)3/h4-7,10-12,28-29H,8-9H2,1-3H3/b30-22-. The van der Waals surface area contributed by atoms with Crippen LogP contribution in [0.4, 0.5) is 13.2 Å². The molecule has 0 aliphatic heterocycles. The van der Waals surface area contributed by atoms with Crippen molar-refractivity contribution in [2.24, 2.45) is 5.16 Å². The largest absolute Gasteiger partial charge is 0.437 e. The van der Waals surface area contributed by atoms with Gasteiger partial charge in [0.25, 0.3) is 0 Å². The van der Waals surface area contributed by atoms with E-state index in [1.165, 1.54) is 0 Å². The van der Waals surface area contributed by atoms with Gasteiger partial charge in [0.05, 0.1) is 11.4 Å². The summed E-state index contributed by atoms with van der Waals surface area (Å²) in [6, 6.07) is 12.8. The molecule has 0 aliphatic carbocycles. The molecule has 5 nitrogen and oxygen atoms in total. The molecule has 2 aromatic carbocycles. The maximum Gasteiger partial charge on any atom is 0.437 e. The average Bonchev–Trinajstić information content (AvgIpc) is 3.27. The Hall–Kier alpha value is -2.78. The molecule has 0 spiro atoms. The zero-order valence-electron chi connectivity index (χ0n) is 17.8. The number of nitrogens with one attached hydrogen (secondary N) is 2. The third-order valence-corrected chi connectivity index (χ3v) is 5.59. The van der Waals surface area contributed by atoms with Crippen molar-refractivity contribution in [1.29, 1.82) is 0 Å². The summed E-state index contributed by atoms with van der Waals surface area (Å²) in [7, 11) is 3.62. The highest BCUT2D eigenvalue weighted by molar-refractivity contribution is 9.10. The molecule has 2 N–H and O–H groups in total. The van der Waals surface area contributed by atoms with Gasteiger partial charge >= 0.3 is 6.18 Å². The van der Waals surface area contributed by atoms with Gasteiger partial charge in [-0.1, -0.05) is 38.8 Å². The summed E-state index contributed by atoms with van der Waals surface area (Å²) < 4.78 is 43.3. The minimum absolute atomic E-state index is 0.0431. The Kier molecular flexibility index (Phi) is 6.05. The summed E-state index contributed by atoms with van der Waals surface area (Å²) >= 11 is 3.39. The molecular formula is C23H22BrF3N4O. The molecule has 0 atom stereocenters. The molecule has 0 amide bonds. The van der Waals surface area contributed by atoms with Crippen LogP contribution in [0, 0.1) is 6.92 Å². The number of hydrogen-bond donors (Lipinski definition) is 2. The predicted octanol–water partition coefficient (Wildman–Crippen LogP) is 6.23. The van der Waals surface area contributed by atoms with Gasteiger partial charge in [-0.25, -0.2) is 0 Å². The molecule has 0 saturated carbocycles. The number of alkyl halides is 3. The van der Waals surface area contributed by atoms with Crippen LogP contribution >= 0.6 is 15.9 Å². The number of H-pyrrole nitrogens is 2. The topological polar surface area (TPSA) is 56.4 Å². The van der Waals surface area contributed by atoms with E-state index in [0.29, 0.717) is 28.8 Å². The molecule has 9 heteroatoms. The molecule has 0 radical (unpaired) electrons. The fourth-order valence-corrected chi connectivity index (χ4v) is 3.94. The molecule has 4 rings (SSSR count). The first-order valence-corrected chi connectivity index (χ1v) is 10.8. The molecule has 0 aliphatic rings. The lowest BCUT2D eigenvalue weighted by Gasteiger charge is -2.13. The number of aromatic nitrogens is 2. The highest BCUT2D eigenvalue weighted by Crippen LogP contribution is 2.37. The van der Waals surface area contributed by atoms with Crippen LogP contribution in [-0.4, -0.2) is 54.0 Å². The van der Waals surface area contributed by atoms with Crippen LogP contribution in [0.1, 0.15) is 11.1 Å². The average molecular weight is 507 g/mol. The fraction of sp³-hybridized carbons (Fsp3) is 0.261. The Labute approximate surface area is 191 Å². The van der Waals surface area contributed by atoms with Crippen LogP contribution in [-0.2, 0) is 4.84 Å². The molecule has 0 fully saturated rings. The normalized spacial score (nSPS) is 12.9. The van der Waals surface area contributed by atoms with Crippen molar-refractivity contribution < 1.29 is 18.0 Å². The lowest BCUT2D eigenvalue weighted by atomic mass is 10.0. The van der Waals surface area contributed by atoms with E-state index in [1.54, 1.807) is 18.2 Å². The summed E-state index contributed by atoms with van der Waals surface area (Å²) in [4.78, 5) is 13.3. The van der Waals surface area contributed by atoms with E-state index in [-0.39, 0.29) is 12.2 Å². The second-order valence-corrected chi connectivity index (χ2v) is 8.83.